The van der Waals surface area contributed by atoms with Gasteiger partial charge in [-0.3, -0.25) is 4.21 Å². The van der Waals surface area contributed by atoms with E-state index in [9.17, 15) is 35.5 Å². The summed E-state index contributed by atoms with van der Waals surface area (Å²) in [7, 11) is -2.25. The van der Waals surface area contributed by atoms with Crippen LogP contribution in [0.4, 0.5) is 22.0 Å². The molecule has 0 spiro atoms. The van der Waals surface area contributed by atoms with Crippen molar-refractivity contribution in [1.82, 2.24) is 19.5 Å². The molecule has 16 heteroatoms. The molecule has 0 amide bonds. The van der Waals surface area contributed by atoms with E-state index in [0.29, 0.717) is 0 Å². The second kappa shape index (κ2) is 9.41. The number of halogens is 5. The summed E-state index contributed by atoms with van der Waals surface area (Å²) >= 11 is -3.20. The number of hydrogen-bond acceptors (Lipinski definition) is 8. The Hall–Kier alpha value is -2.72. The molecule has 176 valence electrons. The van der Waals surface area contributed by atoms with Crippen molar-refractivity contribution in [1.29, 1.82) is 0 Å². The Labute approximate surface area is 180 Å². The van der Waals surface area contributed by atoms with Crippen LogP contribution >= 0.6 is 0 Å². The highest BCUT2D eigenvalue weighted by Gasteiger charge is 2.33. The Kier molecular flexibility index (Phi) is 7.51. The number of aromatic nitrogens is 4. The Balaban J connectivity index is 0.000000534. The van der Waals surface area contributed by atoms with Gasteiger partial charge in [-0.05, 0) is 6.07 Å². The lowest BCUT2D eigenvalue weighted by Crippen LogP contribution is -2.08. The normalized spacial score (nSPS) is 13.2. The summed E-state index contributed by atoms with van der Waals surface area (Å²) in [4.78, 5) is 11.2. The quantitative estimate of drug-likeness (QED) is 0.425. The molecule has 32 heavy (non-hydrogen) atoms. The number of alkyl halides is 5. The second-order valence-electron chi connectivity index (χ2n) is 6.02. The number of hydrogen-bond donors (Lipinski definition) is 1. The van der Waals surface area contributed by atoms with E-state index >= 15 is 0 Å². The molecule has 3 heterocycles. The second-order valence-corrected chi connectivity index (χ2v) is 9.14. The lowest BCUT2D eigenvalue weighted by atomic mass is 10.3. The minimum absolute atomic E-state index is 0.000420. The average molecular weight is 501 g/mol. The number of aromatic hydroxyl groups is 1. The molecule has 3 aromatic rings. The molecular weight excluding hydrogens is 487 g/mol. The molecular formula is C16H14F5N4O5S2-. The van der Waals surface area contributed by atoms with Gasteiger partial charge in [0.1, 0.15) is 17.1 Å². The van der Waals surface area contributed by atoms with Gasteiger partial charge in [0.2, 0.25) is 0 Å². The highest BCUT2D eigenvalue weighted by atomic mass is 32.2. The lowest BCUT2D eigenvalue weighted by Gasteiger charge is -2.09. The van der Waals surface area contributed by atoms with Crippen LogP contribution in [0.15, 0.2) is 29.4 Å². The average Bonchev–Trinajstić information content (AvgIpc) is 3.03. The van der Waals surface area contributed by atoms with Gasteiger partial charge in [0.05, 0.1) is 34.1 Å². The summed E-state index contributed by atoms with van der Waals surface area (Å²) in [5.41, 5.74) is -0.881. The first-order valence-corrected chi connectivity index (χ1v) is 11.2. The highest BCUT2D eigenvalue weighted by Crippen LogP contribution is 2.33. The third-order valence-electron chi connectivity index (χ3n) is 3.97. The number of pyridine rings is 2. The zero-order chi connectivity index (χ0) is 24.4. The van der Waals surface area contributed by atoms with E-state index in [4.69, 9.17) is 8.76 Å². The first kappa shape index (κ1) is 25.5. The Morgan fingerprint density at radius 1 is 1.22 bits per heavy atom. The Morgan fingerprint density at radius 2 is 1.81 bits per heavy atom. The van der Waals surface area contributed by atoms with Gasteiger partial charge in [0.15, 0.2) is 15.7 Å². The van der Waals surface area contributed by atoms with Crippen molar-refractivity contribution in [3.8, 4) is 17.3 Å². The van der Waals surface area contributed by atoms with E-state index in [-0.39, 0.29) is 38.9 Å². The molecule has 0 saturated heterocycles. The number of sulfone groups is 1. The number of imidazole rings is 1. The van der Waals surface area contributed by atoms with Crippen molar-refractivity contribution >= 4 is 32.0 Å². The van der Waals surface area contributed by atoms with E-state index in [2.05, 4.69) is 15.0 Å². The van der Waals surface area contributed by atoms with Gasteiger partial charge in [0, 0.05) is 24.2 Å². The van der Waals surface area contributed by atoms with Gasteiger partial charge in [-0.1, -0.05) is 6.92 Å². The van der Waals surface area contributed by atoms with Crippen LogP contribution in [0.3, 0.4) is 0 Å². The molecule has 1 N–H and O–H groups in total. The van der Waals surface area contributed by atoms with Crippen molar-refractivity contribution in [3.63, 3.8) is 0 Å². The standard InChI is InChI=1S/C15H13F3N4O3S.CH2F2O2S/c1-3-26(24,25)11-4-8(23)6-20-13(11)14-21-9-5-12(15(16,17)18)19-7-10(9)22(14)2;2-1(3)6(4)5/h4-7,23H,3H2,1-2H3;1H,(H,4,5)/p-1. The van der Waals surface area contributed by atoms with Gasteiger partial charge in [0.25, 0.3) is 5.76 Å². The summed E-state index contributed by atoms with van der Waals surface area (Å²) in [5.74, 6) is -3.77. The van der Waals surface area contributed by atoms with Crippen LogP contribution in [-0.4, -0.2) is 53.3 Å². The molecule has 0 aromatic carbocycles. The lowest BCUT2D eigenvalue weighted by molar-refractivity contribution is -0.141. The maximum absolute atomic E-state index is 12.8. The Bertz CT molecular complexity index is 1260. The fraction of sp³-hybridized carbons (Fsp3) is 0.312. The maximum Gasteiger partial charge on any atom is 0.433 e. The number of rotatable bonds is 4. The molecule has 0 fully saturated rings. The van der Waals surface area contributed by atoms with Crippen molar-refractivity contribution in [2.24, 2.45) is 7.05 Å². The van der Waals surface area contributed by atoms with Crippen LogP contribution in [0.2, 0.25) is 0 Å². The summed E-state index contributed by atoms with van der Waals surface area (Å²) in [5, 5.41) is 9.59. The van der Waals surface area contributed by atoms with E-state index in [0.717, 1.165) is 24.5 Å². The fourth-order valence-electron chi connectivity index (χ4n) is 2.45. The number of nitrogens with zero attached hydrogens (tertiary/aromatic N) is 4. The van der Waals surface area contributed by atoms with E-state index in [1.54, 1.807) is 0 Å². The Morgan fingerprint density at radius 3 is 2.31 bits per heavy atom. The van der Waals surface area contributed by atoms with Gasteiger partial charge in [-0.2, -0.15) is 22.0 Å². The molecule has 0 aliphatic heterocycles. The largest absolute Gasteiger partial charge is 0.768 e. The van der Waals surface area contributed by atoms with Crippen LogP contribution in [-0.2, 0) is 34.1 Å². The summed E-state index contributed by atoms with van der Waals surface area (Å²) in [6.45, 7) is 1.43. The van der Waals surface area contributed by atoms with E-state index < -0.39 is 38.5 Å². The molecule has 0 aliphatic rings. The van der Waals surface area contributed by atoms with Gasteiger partial charge in [-0.15, -0.1) is 0 Å². The molecule has 0 bridgehead atoms. The smallest absolute Gasteiger partial charge is 0.433 e. The zero-order valence-electron chi connectivity index (χ0n) is 16.2. The van der Waals surface area contributed by atoms with Gasteiger partial charge in [-0.25, -0.2) is 23.4 Å². The SMILES string of the molecule is CCS(=O)(=O)c1cc(O)cnc1-c1nc2cc(C(F)(F)F)ncc2n1C.O=S([O-])C(F)F. The van der Waals surface area contributed by atoms with Crippen molar-refractivity contribution < 1.29 is 44.2 Å². The third-order valence-corrected chi connectivity index (χ3v) is 6.00. The summed E-state index contributed by atoms with van der Waals surface area (Å²) in [6, 6.07) is 1.83. The monoisotopic (exact) mass is 501 g/mol. The highest BCUT2D eigenvalue weighted by molar-refractivity contribution is 7.91. The van der Waals surface area contributed by atoms with E-state index in [1.165, 1.54) is 18.5 Å². The first-order valence-electron chi connectivity index (χ1n) is 8.37. The van der Waals surface area contributed by atoms with Crippen LogP contribution in [0.5, 0.6) is 5.75 Å². The van der Waals surface area contributed by atoms with Crippen molar-refractivity contribution in [2.45, 2.75) is 23.8 Å². The summed E-state index contributed by atoms with van der Waals surface area (Å²) in [6.07, 6.45) is -2.56. The fourth-order valence-corrected chi connectivity index (χ4v) is 3.50. The van der Waals surface area contributed by atoms with Crippen molar-refractivity contribution in [3.05, 3.63) is 30.2 Å². The molecule has 9 nitrogen and oxygen atoms in total. The predicted molar refractivity (Wildman–Crippen MR) is 101 cm³/mol. The molecule has 0 radical (unpaired) electrons. The minimum Gasteiger partial charge on any atom is -0.768 e. The maximum atomic E-state index is 12.8. The number of fused-ring (bicyclic) bond motifs is 1. The molecule has 0 aliphatic carbocycles. The first-order chi connectivity index (χ1) is 14.7. The zero-order valence-corrected chi connectivity index (χ0v) is 17.8. The van der Waals surface area contributed by atoms with Gasteiger partial charge < -0.3 is 14.2 Å². The van der Waals surface area contributed by atoms with Gasteiger partial charge >= 0.3 is 6.18 Å². The molecule has 3 aromatic heterocycles. The van der Waals surface area contributed by atoms with E-state index in [1.807, 2.05) is 0 Å². The van der Waals surface area contributed by atoms with Crippen LogP contribution < -0.4 is 0 Å². The molecule has 0 saturated carbocycles. The molecule has 3 rings (SSSR count). The summed E-state index contributed by atoms with van der Waals surface area (Å²) < 4.78 is 104. The molecule has 1 unspecified atom stereocenters. The topological polar surface area (TPSA) is 138 Å². The third kappa shape index (κ3) is 5.55. The number of aryl methyl sites for hydroxylation is 1. The molecule has 1 atom stereocenters. The van der Waals surface area contributed by atoms with Crippen LogP contribution in [0, 0.1) is 0 Å². The van der Waals surface area contributed by atoms with Crippen LogP contribution in [0.25, 0.3) is 22.6 Å². The van der Waals surface area contributed by atoms with Crippen molar-refractivity contribution in [2.75, 3.05) is 5.75 Å². The minimum atomic E-state index is -4.63. The van der Waals surface area contributed by atoms with Crippen LogP contribution in [0.1, 0.15) is 12.6 Å². The predicted octanol–water partition coefficient (Wildman–Crippen LogP) is 2.64.